The fraction of sp³-hybridized carbons (Fsp3) is 0.381. The largest absolute Gasteiger partial charge is 0.491 e. The second kappa shape index (κ2) is 7.70. The SMILES string of the molecule is Cc1ccccc1CC(=O)N1CCC(O)(COc2ccccc2)CC1. The van der Waals surface area contributed by atoms with Gasteiger partial charge in [0.05, 0.1) is 6.42 Å². The first-order valence-electron chi connectivity index (χ1n) is 8.78. The summed E-state index contributed by atoms with van der Waals surface area (Å²) in [6.07, 6.45) is 1.50. The molecule has 2 aromatic carbocycles. The summed E-state index contributed by atoms with van der Waals surface area (Å²) in [6.45, 7) is 3.42. The van der Waals surface area contributed by atoms with Crippen molar-refractivity contribution in [2.45, 2.75) is 31.8 Å². The van der Waals surface area contributed by atoms with E-state index in [2.05, 4.69) is 0 Å². The van der Waals surface area contributed by atoms with Gasteiger partial charge in [0.15, 0.2) is 0 Å². The van der Waals surface area contributed by atoms with Crippen molar-refractivity contribution < 1.29 is 14.6 Å². The summed E-state index contributed by atoms with van der Waals surface area (Å²) in [4.78, 5) is 14.4. The minimum absolute atomic E-state index is 0.125. The van der Waals surface area contributed by atoms with E-state index in [0.29, 0.717) is 32.4 Å². The highest BCUT2D eigenvalue weighted by Crippen LogP contribution is 2.24. The fourth-order valence-corrected chi connectivity index (χ4v) is 3.13. The number of para-hydroxylation sites is 1. The number of ether oxygens (including phenoxy) is 1. The third-order valence-electron chi connectivity index (χ3n) is 4.90. The molecule has 1 aliphatic heterocycles. The maximum absolute atomic E-state index is 12.5. The molecular formula is C21H25NO3. The number of aliphatic hydroxyl groups is 1. The molecule has 1 fully saturated rings. The summed E-state index contributed by atoms with van der Waals surface area (Å²) < 4.78 is 5.70. The van der Waals surface area contributed by atoms with Crippen LogP contribution in [0, 0.1) is 6.92 Å². The van der Waals surface area contributed by atoms with Gasteiger partial charge in [-0.1, -0.05) is 42.5 Å². The molecule has 0 bridgehead atoms. The number of hydrogen-bond donors (Lipinski definition) is 1. The van der Waals surface area contributed by atoms with Crippen LogP contribution in [0.3, 0.4) is 0 Å². The van der Waals surface area contributed by atoms with Crippen LogP contribution in [0.1, 0.15) is 24.0 Å². The monoisotopic (exact) mass is 339 g/mol. The average Bonchev–Trinajstić information content (AvgIpc) is 2.63. The first-order chi connectivity index (χ1) is 12.1. The van der Waals surface area contributed by atoms with Gasteiger partial charge < -0.3 is 14.7 Å². The maximum atomic E-state index is 12.5. The van der Waals surface area contributed by atoms with Gasteiger partial charge in [-0.05, 0) is 43.0 Å². The fourth-order valence-electron chi connectivity index (χ4n) is 3.13. The molecule has 0 spiro atoms. The minimum Gasteiger partial charge on any atom is -0.491 e. The lowest BCUT2D eigenvalue weighted by molar-refractivity contribution is -0.135. The normalized spacial score (nSPS) is 16.5. The standard InChI is InChI=1S/C21H25NO3/c1-17-7-5-6-8-18(17)15-20(23)22-13-11-21(24,12-14-22)16-25-19-9-3-2-4-10-19/h2-10,24H,11-16H2,1H3. The second-order valence-corrected chi connectivity index (χ2v) is 6.81. The van der Waals surface area contributed by atoms with Crippen molar-refractivity contribution in [2.75, 3.05) is 19.7 Å². The van der Waals surface area contributed by atoms with Gasteiger partial charge >= 0.3 is 0 Å². The van der Waals surface area contributed by atoms with Gasteiger partial charge in [-0.15, -0.1) is 0 Å². The van der Waals surface area contributed by atoms with Crippen molar-refractivity contribution in [3.63, 3.8) is 0 Å². The molecule has 1 amide bonds. The predicted octanol–water partition coefficient (Wildman–Crippen LogP) is 2.97. The third kappa shape index (κ3) is 4.60. The molecule has 3 rings (SSSR count). The number of benzene rings is 2. The summed E-state index contributed by atoms with van der Waals surface area (Å²) in [5.74, 6) is 0.884. The molecule has 0 saturated carbocycles. The third-order valence-corrected chi connectivity index (χ3v) is 4.90. The molecule has 1 N–H and O–H groups in total. The van der Waals surface area contributed by atoms with Crippen molar-refractivity contribution in [3.8, 4) is 5.75 Å². The summed E-state index contributed by atoms with van der Waals surface area (Å²) in [6, 6.07) is 17.5. The van der Waals surface area contributed by atoms with E-state index in [1.807, 2.05) is 66.4 Å². The molecule has 1 heterocycles. The number of piperidine rings is 1. The number of aryl methyl sites for hydroxylation is 1. The van der Waals surface area contributed by atoms with Crippen LogP contribution in [0.5, 0.6) is 5.75 Å². The van der Waals surface area contributed by atoms with Crippen LogP contribution in [0.2, 0.25) is 0 Å². The highest BCUT2D eigenvalue weighted by atomic mass is 16.5. The van der Waals surface area contributed by atoms with Crippen molar-refractivity contribution in [3.05, 3.63) is 65.7 Å². The Balaban J connectivity index is 1.50. The van der Waals surface area contributed by atoms with Crippen LogP contribution in [0.15, 0.2) is 54.6 Å². The summed E-state index contributed by atoms with van der Waals surface area (Å²) in [5, 5.41) is 10.7. The first-order valence-corrected chi connectivity index (χ1v) is 8.78. The number of nitrogens with zero attached hydrogens (tertiary/aromatic N) is 1. The van der Waals surface area contributed by atoms with E-state index in [0.717, 1.165) is 16.9 Å². The number of carbonyl (C=O) groups is 1. The quantitative estimate of drug-likeness (QED) is 0.911. The number of rotatable bonds is 5. The Morgan fingerprint density at radius 2 is 1.72 bits per heavy atom. The Labute approximate surface area is 149 Å². The molecule has 0 aliphatic carbocycles. The molecule has 0 aromatic heterocycles. The Morgan fingerprint density at radius 1 is 1.08 bits per heavy atom. The zero-order valence-electron chi connectivity index (χ0n) is 14.6. The Kier molecular flexibility index (Phi) is 5.39. The Bertz CT molecular complexity index is 706. The zero-order chi connectivity index (χ0) is 17.7. The van der Waals surface area contributed by atoms with E-state index in [1.165, 1.54) is 0 Å². The number of likely N-dealkylation sites (tertiary alicyclic amines) is 1. The van der Waals surface area contributed by atoms with Crippen LogP contribution in [0.4, 0.5) is 0 Å². The predicted molar refractivity (Wildman–Crippen MR) is 97.6 cm³/mol. The summed E-state index contributed by atoms with van der Waals surface area (Å²) in [5.41, 5.74) is 1.34. The van der Waals surface area contributed by atoms with E-state index in [1.54, 1.807) is 0 Å². The lowest BCUT2D eigenvalue weighted by Gasteiger charge is -2.38. The molecule has 2 aromatic rings. The highest BCUT2D eigenvalue weighted by molar-refractivity contribution is 5.79. The summed E-state index contributed by atoms with van der Waals surface area (Å²) in [7, 11) is 0. The maximum Gasteiger partial charge on any atom is 0.227 e. The van der Waals surface area contributed by atoms with Gasteiger partial charge in [0.2, 0.25) is 5.91 Å². The van der Waals surface area contributed by atoms with Crippen LogP contribution in [-0.2, 0) is 11.2 Å². The van der Waals surface area contributed by atoms with Gasteiger partial charge in [0, 0.05) is 13.1 Å². The molecule has 25 heavy (non-hydrogen) atoms. The van der Waals surface area contributed by atoms with E-state index in [-0.39, 0.29) is 12.5 Å². The molecule has 0 atom stereocenters. The van der Waals surface area contributed by atoms with Crippen molar-refractivity contribution >= 4 is 5.91 Å². The lowest BCUT2D eigenvalue weighted by Crippen LogP contribution is -2.49. The molecule has 4 nitrogen and oxygen atoms in total. The van der Waals surface area contributed by atoms with Gasteiger partial charge in [-0.25, -0.2) is 0 Å². The lowest BCUT2D eigenvalue weighted by atomic mass is 9.92. The molecule has 1 aliphatic rings. The zero-order valence-corrected chi connectivity index (χ0v) is 14.6. The van der Waals surface area contributed by atoms with Crippen LogP contribution >= 0.6 is 0 Å². The number of carbonyl (C=O) groups excluding carboxylic acids is 1. The molecule has 1 saturated heterocycles. The summed E-state index contributed by atoms with van der Waals surface area (Å²) >= 11 is 0. The van der Waals surface area contributed by atoms with Gasteiger partial charge in [0.25, 0.3) is 0 Å². The van der Waals surface area contributed by atoms with Crippen molar-refractivity contribution in [1.29, 1.82) is 0 Å². The Morgan fingerprint density at radius 3 is 2.40 bits per heavy atom. The minimum atomic E-state index is -0.866. The van der Waals surface area contributed by atoms with Crippen molar-refractivity contribution in [2.24, 2.45) is 0 Å². The van der Waals surface area contributed by atoms with Gasteiger partial charge in [-0.2, -0.15) is 0 Å². The molecular weight excluding hydrogens is 314 g/mol. The van der Waals surface area contributed by atoms with E-state index < -0.39 is 5.60 Å². The van der Waals surface area contributed by atoms with E-state index >= 15 is 0 Å². The highest BCUT2D eigenvalue weighted by Gasteiger charge is 2.34. The molecule has 4 heteroatoms. The number of hydrogen-bond acceptors (Lipinski definition) is 3. The van der Waals surface area contributed by atoms with E-state index in [9.17, 15) is 9.90 Å². The second-order valence-electron chi connectivity index (χ2n) is 6.81. The van der Waals surface area contributed by atoms with Crippen molar-refractivity contribution in [1.82, 2.24) is 4.90 Å². The van der Waals surface area contributed by atoms with Gasteiger partial charge in [-0.3, -0.25) is 4.79 Å². The molecule has 0 unspecified atom stereocenters. The van der Waals surface area contributed by atoms with Crippen LogP contribution in [0.25, 0.3) is 0 Å². The topological polar surface area (TPSA) is 49.8 Å². The molecule has 132 valence electrons. The first kappa shape index (κ1) is 17.5. The smallest absolute Gasteiger partial charge is 0.227 e. The number of amides is 1. The molecule has 0 radical (unpaired) electrons. The van der Waals surface area contributed by atoms with Gasteiger partial charge in [0.1, 0.15) is 18.0 Å². The van der Waals surface area contributed by atoms with Crippen LogP contribution in [-0.4, -0.2) is 41.2 Å². The average molecular weight is 339 g/mol. The Hall–Kier alpha value is -2.33. The van der Waals surface area contributed by atoms with Crippen LogP contribution < -0.4 is 4.74 Å². The van der Waals surface area contributed by atoms with E-state index in [4.69, 9.17) is 4.74 Å².